The monoisotopic (exact) mass is 489 g/mol. The van der Waals surface area contributed by atoms with Crippen molar-refractivity contribution in [2.75, 3.05) is 12.3 Å². The SMILES string of the molecule is O=C(NC(c1ccc(S(=O)(=O)CC2CC2)cc1)C1CCCN1)c1cc(C2CC2)nc2ccccc12. The summed E-state index contributed by atoms with van der Waals surface area (Å²) in [4.78, 5) is 18.9. The van der Waals surface area contributed by atoms with Gasteiger partial charge in [-0.1, -0.05) is 30.3 Å². The van der Waals surface area contributed by atoms with Crippen molar-refractivity contribution in [3.05, 3.63) is 71.4 Å². The molecule has 2 N–H and O–H groups in total. The minimum absolute atomic E-state index is 0.101. The van der Waals surface area contributed by atoms with Gasteiger partial charge in [0.25, 0.3) is 5.91 Å². The first-order valence-corrected chi connectivity index (χ1v) is 14.4. The number of aromatic nitrogens is 1. The maximum atomic E-state index is 13.7. The lowest BCUT2D eigenvalue weighted by atomic mass is 9.97. The molecular weight excluding hydrogens is 458 g/mol. The zero-order valence-corrected chi connectivity index (χ0v) is 20.6. The Hall–Kier alpha value is -2.77. The van der Waals surface area contributed by atoms with Gasteiger partial charge in [0.15, 0.2) is 9.84 Å². The molecule has 2 aromatic carbocycles. The predicted octanol–water partition coefficient (Wildman–Crippen LogP) is 4.52. The molecule has 0 bridgehead atoms. The average molecular weight is 490 g/mol. The first-order chi connectivity index (χ1) is 17.0. The lowest BCUT2D eigenvalue weighted by Crippen LogP contribution is -2.41. The molecule has 1 saturated heterocycles. The number of carbonyl (C=O) groups is 1. The van der Waals surface area contributed by atoms with Crippen LogP contribution in [0.1, 0.15) is 72.1 Å². The number of fused-ring (bicyclic) bond motifs is 1. The van der Waals surface area contributed by atoms with Crippen molar-refractivity contribution < 1.29 is 13.2 Å². The number of amides is 1. The van der Waals surface area contributed by atoms with E-state index in [1.165, 1.54) is 0 Å². The summed E-state index contributed by atoms with van der Waals surface area (Å²) < 4.78 is 25.4. The van der Waals surface area contributed by atoms with Crippen LogP contribution in [0, 0.1) is 5.92 Å². The van der Waals surface area contributed by atoms with Gasteiger partial charge in [0.2, 0.25) is 0 Å². The number of hydrogen-bond acceptors (Lipinski definition) is 5. The third-order valence-electron chi connectivity index (χ3n) is 7.51. The average Bonchev–Trinajstić information content (AvgIpc) is 3.81. The van der Waals surface area contributed by atoms with Crippen LogP contribution in [0.2, 0.25) is 0 Å². The number of carbonyl (C=O) groups excluding carboxylic acids is 1. The standard InChI is InChI=1S/C28H31N3O3S/c32-28(23-16-26(19-9-10-19)30-24-5-2-1-4-22(23)24)31-27(25-6-3-15-29-25)20-11-13-21(14-12-20)35(33,34)17-18-7-8-18/h1-2,4-5,11-14,16,18-19,25,27,29H,3,6-10,15,17H2,(H,31,32). The molecule has 0 spiro atoms. The second kappa shape index (κ2) is 9.03. The molecule has 0 radical (unpaired) electrons. The number of hydrogen-bond donors (Lipinski definition) is 2. The molecule has 6 rings (SSSR count). The van der Waals surface area contributed by atoms with E-state index < -0.39 is 9.84 Å². The van der Waals surface area contributed by atoms with Gasteiger partial charge in [-0.15, -0.1) is 0 Å². The van der Waals surface area contributed by atoms with Crippen LogP contribution in [0.25, 0.3) is 10.9 Å². The second-order valence-corrected chi connectivity index (χ2v) is 12.4. The summed E-state index contributed by atoms with van der Waals surface area (Å²) in [6.45, 7) is 0.912. The van der Waals surface area contributed by atoms with Crippen LogP contribution in [0.15, 0.2) is 59.5 Å². The molecule has 35 heavy (non-hydrogen) atoms. The van der Waals surface area contributed by atoms with E-state index in [1.54, 1.807) is 12.1 Å². The van der Waals surface area contributed by atoms with Gasteiger partial charge in [0.1, 0.15) is 0 Å². The second-order valence-electron chi connectivity index (χ2n) is 10.3. The van der Waals surface area contributed by atoms with Gasteiger partial charge in [-0.2, -0.15) is 0 Å². The lowest BCUT2D eigenvalue weighted by molar-refractivity contribution is 0.0930. The van der Waals surface area contributed by atoms with E-state index in [2.05, 4.69) is 10.6 Å². The van der Waals surface area contributed by atoms with Gasteiger partial charge in [-0.25, -0.2) is 8.42 Å². The topological polar surface area (TPSA) is 88.2 Å². The molecule has 2 heterocycles. The van der Waals surface area contributed by atoms with Crippen LogP contribution < -0.4 is 10.6 Å². The Balaban J connectivity index is 1.30. The molecule has 1 aromatic heterocycles. The fraction of sp³-hybridized carbons (Fsp3) is 0.429. The van der Waals surface area contributed by atoms with E-state index in [0.717, 1.165) is 67.2 Å². The van der Waals surface area contributed by atoms with Gasteiger partial charge >= 0.3 is 0 Å². The summed E-state index contributed by atoms with van der Waals surface area (Å²) >= 11 is 0. The Morgan fingerprint density at radius 1 is 1.03 bits per heavy atom. The Bertz CT molecular complexity index is 1360. The van der Waals surface area contributed by atoms with E-state index in [0.29, 0.717) is 22.3 Å². The van der Waals surface area contributed by atoms with Gasteiger partial charge in [0.05, 0.1) is 27.8 Å². The molecule has 182 valence electrons. The van der Waals surface area contributed by atoms with Crippen molar-refractivity contribution in [2.45, 2.75) is 61.4 Å². The van der Waals surface area contributed by atoms with Crippen molar-refractivity contribution >= 4 is 26.6 Å². The molecule has 7 heteroatoms. The highest BCUT2D eigenvalue weighted by atomic mass is 32.2. The largest absolute Gasteiger partial charge is 0.344 e. The molecule has 2 aliphatic carbocycles. The normalized spacial score (nSPS) is 21.2. The fourth-order valence-electron chi connectivity index (χ4n) is 5.18. The van der Waals surface area contributed by atoms with Crippen molar-refractivity contribution in [2.24, 2.45) is 5.92 Å². The Morgan fingerprint density at radius 2 is 1.80 bits per heavy atom. The molecule has 2 atom stereocenters. The van der Waals surface area contributed by atoms with E-state index >= 15 is 0 Å². The van der Waals surface area contributed by atoms with Gasteiger partial charge in [-0.3, -0.25) is 9.78 Å². The zero-order valence-electron chi connectivity index (χ0n) is 19.7. The summed E-state index contributed by atoms with van der Waals surface area (Å²) in [5, 5.41) is 7.67. The van der Waals surface area contributed by atoms with Crippen molar-refractivity contribution in [3.8, 4) is 0 Å². The summed E-state index contributed by atoms with van der Waals surface area (Å²) in [7, 11) is -3.27. The maximum absolute atomic E-state index is 13.7. The van der Waals surface area contributed by atoms with E-state index in [-0.39, 0.29) is 23.7 Å². The fourth-order valence-corrected chi connectivity index (χ4v) is 6.87. The number of benzene rings is 2. The van der Waals surface area contributed by atoms with Crippen LogP contribution in [0.3, 0.4) is 0 Å². The number of para-hydroxylation sites is 1. The molecule has 3 aromatic rings. The van der Waals surface area contributed by atoms with Gasteiger partial charge in [-0.05, 0) is 80.8 Å². The molecule has 2 saturated carbocycles. The molecule has 6 nitrogen and oxygen atoms in total. The Morgan fingerprint density at radius 3 is 2.49 bits per heavy atom. The van der Waals surface area contributed by atoms with Crippen molar-refractivity contribution in [3.63, 3.8) is 0 Å². The number of sulfone groups is 1. The van der Waals surface area contributed by atoms with Crippen LogP contribution in [-0.4, -0.2) is 37.6 Å². The Labute approximate surface area is 206 Å². The highest BCUT2D eigenvalue weighted by Gasteiger charge is 2.32. The molecular formula is C28H31N3O3S. The first-order valence-electron chi connectivity index (χ1n) is 12.7. The first kappa shape index (κ1) is 22.7. The number of nitrogens with zero attached hydrogens (tertiary/aromatic N) is 1. The summed E-state index contributed by atoms with van der Waals surface area (Å²) in [5.74, 6) is 0.873. The number of nitrogens with one attached hydrogen (secondary N) is 2. The lowest BCUT2D eigenvalue weighted by Gasteiger charge is -2.26. The minimum Gasteiger partial charge on any atom is -0.344 e. The van der Waals surface area contributed by atoms with Crippen LogP contribution in [0.4, 0.5) is 0 Å². The third-order valence-corrected chi connectivity index (χ3v) is 9.41. The summed E-state index contributed by atoms with van der Waals surface area (Å²) in [6, 6.07) is 16.8. The minimum atomic E-state index is -3.27. The van der Waals surface area contributed by atoms with Crippen molar-refractivity contribution in [1.82, 2.24) is 15.6 Å². The molecule has 1 aliphatic heterocycles. The van der Waals surface area contributed by atoms with E-state index in [4.69, 9.17) is 4.98 Å². The van der Waals surface area contributed by atoms with E-state index in [9.17, 15) is 13.2 Å². The highest BCUT2D eigenvalue weighted by molar-refractivity contribution is 7.91. The van der Waals surface area contributed by atoms with Crippen molar-refractivity contribution in [1.29, 1.82) is 0 Å². The van der Waals surface area contributed by atoms with Gasteiger partial charge in [0, 0.05) is 23.0 Å². The van der Waals surface area contributed by atoms with Crippen LogP contribution in [-0.2, 0) is 9.84 Å². The van der Waals surface area contributed by atoms with Gasteiger partial charge < -0.3 is 10.6 Å². The number of rotatable bonds is 8. The maximum Gasteiger partial charge on any atom is 0.252 e. The molecule has 3 aliphatic rings. The molecule has 1 amide bonds. The number of pyridine rings is 1. The summed E-state index contributed by atoms with van der Waals surface area (Å²) in [5.41, 5.74) is 3.42. The van der Waals surface area contributed by atoms with E-state index in [1.807, 2.05) is 42.5 Å². The predicted molar refractivity (Wildman–Crippen MR) is 136 cm³/mol. The van der Waals surface area contributed by atoms with Crippen LogP contribution in [0.5, 0.6) is 0 Å². The molecule has 3 fully saturated rings. The zero-order chi connectivity index (χ0) is 24.0. The summed E-state index contributed by atoms with van der Waals surface area (Å²) in [6.07, 6.45) is 6.26. The quantitative estimate of drug-likeness (QED) is 0.486. The third kappa shape index (κ3) is 4.84. The highest BCUT2D eigenvalue weighted by Crippen LogP contribution is 2.40. The smallest absolute Gasteiger partial charge is 0.252 e. The van der Waals surface area contributed by atoms with Crippen LogP contribution >= 0.6 is 0 Å². The molecule has 2 unspecified atom stereocenters. The Kier molecular flexibility index (Phi) is 5.85.